The molecule has 214 valence electrons. The van der Waals surface area contributed by atoms with Gasteiger partial charge in [0, 0.05) is 19.2 Å². The van der Waals surface area contributed by atoms with Crippen molar-refractivity contribution in [2.45, 2.75) is 19.9 Å². The number of fused-ring (bicyclic) bond motifs is 1. The minimum atomic E-state index is -0.798. The Morgan fingerprint density at radius 1 is 1.27 bits per heavy atom. The van der Waals surface area contributed by atoms with Crippen LogP contribution in [0.4, 0.5) is 11.4 Å². The Bertz CT molecular complexity index is 1740. The molecule has 2 aliphatic rings. The molecule has 0 N–H and O–H groups in total. The van der Waals surface area contributed by atoms with Crippen LogP contribution in [0.2, 0.25) is 0 Å². The minimum Gasteiger partial charge on any atom is -0.496 e. The third kappa shape index (κ3) is 5.56. The molecule has 13 heteroatoms. The Balaban J connectivity index is 1.65. The topological polar surface area (TPSA) is 126 Å². The highest BCUT2D eigenvalue weighted by atomic mass is 79.9. The Hall–Kier alpha value is -3.81. The summed E-state index contributed by atoms with van der Waals surface area (Å²) < 4.78 is 18.5. The summed E-state index contributed by atoms with van der Waals surface area (Å²) in [6.45, 7) is 5.70. The van der Waals surface area contributed by atoms with Crippen molar-refractivity contribution < 1.29 is 23.9 Å². The standard InChI is InChI=1S/C28H27BrN4O7S/c1-4-40-27(35)24-16(2)30-28-32(25(24)18-6-8-22(38-3)19(29)15-18)26(34)23(41-28)14-17-5-7-20(21(13-17)33(36)37)31-9-11-39-12-10-31/h5-8,13-15,25H,4,9-12H2,1-3H3/b23-14-/t25-/m0/s1. The van der Waals surface area contributed by atoms with Crippen molar-refractivity contribution in [2.75, 3.05) is 44.9 Å². The van der Waals surface area contributed by atoms with Gasteiger partial charge in [-0.3, -0.25) is 19.5 Å². The van der Waals surface area contributed by atoms with Crippen LogP contribution in [0.1, 0.15) is 31.0 Å². The average Bonchev–Trinajstić information content (AvgIpc) is 3.26. The highest BCUT2D eigenvalue weighted by Gasteiger charge is 2.33. The summed E-state index contributed by atoms with van der Waals surface area (Å²) in [6.07, 6.45) is 1.62. The van der Waals surface area contributed by atoms with Crippen LogP contribution in [-0.2, 0) is 14.3 Å². The Morgan fingerprint density at radius 2 is 2.02 bits per heavy atom. The first-order valence-electron chi connectivity index (χ1n) is 12.9. The Morgan fingerprint density at radius 3 is 2.68 bits per heavy atom. The second kappa shape index (κ2) is 12.0. The van der Waals surface area contributed by atoms with Gasteiger partial charge in [0.15, 0.2) is 4.80 Å². The van der Waals surface area contributed by atoms with Gasteiger partial charge in [-0.1, -0.05) is 23.5 Å². The number of carbonyl (C=O) groups is 1. The third-order valence-corrected chi connectivity index (χ3v) is 8.46. The number of nitrogens with zero attached hydrogens (tertiary/aromatic N) is 4. The molecule has 0 aliphatic carbocycles. The van der Waals surface area contributed by atoms with Crippen molar-refractivity contribution in [3.8, 4) is 5.75 Å². The molecule has 0 bridgehead atoms. The second-order valence-corrected chi connectivity index (χ2v) is 11.2. The quantitative estimate of drug-likeness (QED) is 0.218. The number of anilines is 1. The Labute approximate surface area is 247 Å². The van der Waals surface area contributed by atoms with Crippen molar-refractivity contribution in [3.63, 3.8) is 0 Å². The van der Waals surface area contributed by atoms with Crippen LogP contribution in [0.3, 0.4) is 0 Å². The predicted molar refractivity (Wildman–Crippen MR) is 157 cm³/mol. The maximum absolute atomic E-state index is 13.9. The first kappa shape index (κ1) is 28.7. The molecule has 0 amide bonds. The summed E-state index contributed by atoms with van der Waals surface area (Å²) in [4.78, 5) is 45.4. The number of hydrogen-bond acceptors (Lipinski definition) is 10. The number of ether oxygens (including phenoxy) is 3. The molecular formula is C28H27BrN4O7S. The van der Waals surface area contributed by atoms with Gasteiger partial charge in [-0.15, -0.1) is 0 Å². The van der Waals surface area contributed by atoms with E-state index in [1.807, 2.05) is 4.90 Å². The summed E-state index contributed by atoms with van der Waals surface area (Å²) >= 11 is 4.65. The lowest BCUT2D eigenvalue weighted by Crippen LogP contribution is -2.40. The molecule has 3 heterocycles. The SMILES string of the molecule is CCOC(=O)C1=C(C)N=c2s/c(=C\c3ccc(N4CCOCC4)c([N+](=O)[O-])c3)c(=O)n2[C@H]1c1ccc(OC)c(Br)c1. The molecule has 1 aromatic heterocycles. The zero-order valence-corrected chi connectivity index (χ0v) is 25.0. The summed E-state index contributed by atoms with van der Waals surface area (Å²) in [5.41, 5.74) is 1.95. The first-order valence-corrected chi connectivity index (χ1v) is 14.5. The monoisotopic (exact) mass is 642 g/mol. The minimum absolute atomic E-state index is 0.0465. The number of allylic oxidation sites excluding steroid dienone is 1. The molecule has 5 rings (SSSR count). The molecule has 3 aromatic rings. The van der Waals surface area contributed by atoms with Crippen molar-refractivity contribution in [2.24, 2.45) is 4.99 Å². The van der Waals surface area contributed by atoms with Gasteiger partial charge in [-0.05, 0) is 65.2 Å². The van der Waals surface area contributed by atoms with Gasteiger partial charge in [0.05, 0.1) is 58.2 Å². The number of benzene rings is 2. The molecule has 11 nitrogen and oxygen atoms in total. The van der Waals surface area contributed by atoms with Crippen molar-refractivity contribution in [1.29, 1.82) is 0 Å². The van der Waals surface area contributed by atoms with E-state index in [1.165, 1.54) is 10.6 Å². The molecule has 1 saturated heterocycles. The average molecular weight is 644 g/mol. The smallest absolute Gasteiger partial charge is 0.338 e. The zero-order valence-electron chi connectivity index (χ0n) is 22.6. The van der Waals surface area contributed by atoms with Gasteiger partial charge in [0.25, 0.3) is 11.2 Å². The van der Waals surface area contributed by atoms with E-state index >= 15 is 0 Å². The molecule has 0 saturated carbocycles. The fourth-order valence-electron chi connectivity index (χ4n) is 4.96. The van der Waals surface area contributed by atoms with E-state index in [9.17, 15) is 19.7 Å². The number of aromatic nitrogens is 1. The number of morpholine rings is 1. The molecule has 0 radical (unpaired) electrons. The maximum Gasteiger partial charge on any atom is 0.338 e. The molecular weight excluding hydrogens is 616 g/mol. The van der Waals surface area contributed by atoms with Crippen LogP contribution in [0.5, 0.6) is 5.75 Å². The molecule has 0 unspecified atom stereocenters. The number of hydrogen-bond donors (Lipinski definition) is 0. The van der Waals surface area contributed by atoms with Gasteiger partial charge >= 0.3 is 5.97 Å². The molecule has 1 fully saturated rings. The molecule has 41 heavy (non-hydrogen) atoms. The van der Waals surface area contributed by atoms with E-state index in [0.717, 1.165) is 11.3 Å². The number of carbonyl (C=O) groups excluding carboxylic acids is 1. The van der Waals surface area contributed by atoms with Crippen molar-refractivity contribution >= 4 is 50.7 Å². The number of halogens is 1. The third-order valence-electron chi connectivity index (χ3n) is 6.85. The second-order valence-electron chi connectivity index (χ2n) is 9.30. The molecule has 2 aromatic carbocycles. The van der Waals surface area contributed by atoms with Crippen LogP contribution in [0.25, 0.3) is 6.08 Å². The van der Waals surface area contributed by atoms with Crippen LogP contribution < -0.4 is 24.5 Å². The Kier molecular flexibility index (Phi) is 8.38. The lowest BCUT2D eigenvalue weighted by Gasteiger charge is -2.28. The van der Waals surface area contributed by atoms with Crippen LogP contribution in [0, 0.1) is 10.1 Å². The van der Waals surface area contributed by atoms with E-state index in [0.29, 0.717) is 68.4 Å². The summed E-state index contributed by atoms with van der Waals surface area (Å²) in [5.74, 6) is 0.0379. The number of methoxy groups -OCH3 is 1. The molecule has 0 spiro atoms. The van der Waals surface area contributed by atoms with E-state index in [2.05, 4.69) is 20.9 Å². The lowest BCUT2D eigenvalue weighted by molar-refractivity contribution is -0.384. The number of nitro benzene ring substituents is 1. The van der Waals surface area contributed by atoms with E-state index in [1.54, 1.807) is 57.4 Å². The molecule has 2 aliphatic heterocycles. The summed E-state index contributed by atoms with van der Waals surface area (Å²) in [7, 11) is 1.55. The normalized spacial score (nSPS) is 17.2. The maximum atomic E-state index is 13.9. The highest BCUT2D eigenvalue weighted by Crippen LogP contribution is 2.35. The van der Waals surface area contributed by atoms with Gasteiger partial charge in [0.2, 0.25) is 0 Å². The predicted octanol–water partition coefficient (Wildman–Crippen LogP) is 3.31. The number of nitro groups is 1. The van der Waals surface area contributed by atoms with Gasteiger partial charge in [-0.25, -0.2) is 9.79 Å². The first-order chi connectivity index (χ1) is 19.7. The zero-order chi connectivity index (χ0) is 29.3. The van der Waals surface area contributed by atoms with Crippen molar-refractivity contribution in [3.05, 3.63) is 93.1 Å². The van der Waals surface area contributed by atoms with E-state index < -0.39 is 16.9 Å². The van der Waals surface area contributed by atoms with Crippen LogP contribution in [0.15, 0.2) is 61.9 Å². The van der Waals surface area contributed by atoms with E-state index in [4.69, 9.17) is 14.2 Å². The number of rotatable bonds is 7. The van der Waals surface area contributed by atoms with Gasteiger partial charge < -0.3 is 19.1 Å². The van der Waals surface area contributed by atoms with Gasteiger partial charge in [-0.2, -0.15) is 0 Å². The number of thiazole rings is 1. The lowest BCUT2D eigenvalue weighted by atomic mass is 9.96. The number of esters is 1. The van der Waals surface area contributed by atoms with Crippen LogP contribution >= 0.6 is 27.3 Å². The van der Waals surface area contributed by atoms with E-state index in [-0.39, 0.29) is 23.4 Å². The molecule has 1 atom stereocenters. The fourth-order valence-corrected chi connectivity index (χ4v) is 6.56. The van der Waals surface area contributed by atoms with Gasteiger partial charge in [0.1, 0.15) is 11.4 Å². The van der Waals surface area contributed by atoms with Crippen molar-refractivity contribution in [1.82, 2.24) is 4.57 Å². The summed E-state index contributed by atoms with van der Waals surface area (Å²) in [5, 5.41) is 12.0. The fraction of sp³-hybridized carbons (Fsp3) is 0.321. The summed E-state index contributed by atoms with van der Waals surface area (Å²) in [6, 6.07) is 9.46. The van der Waals surface area contributed by atoms with Crippen LogP contribution in [-0.4, -0.2) is 55.5 Å². The highest BCUT2D eigenvalue weighted by molar-refractivity contribution is 9.10. The largest absolute Gasteiger partial charge is 0.496 e.